The molecular formula is C22H27N5S. The van der Waals surface area contributed by atoms with Crippen molar-refractivity contribution in [2.75, 3.05) is 5.32 Å². The smallest absolute Gasteiger partial charge is 0.223 e. The van der Waals surface area contributed by atoms with Crippen molar-refractivity contribution in [1.82, 2.24) is 20.3 Å². The summed E-state index contributed by atoms with van der Waals surface area (Å²) < 4.78 is 0. The minimum absolute atomic E-state index is 0.0875. The maximum atomic E-state index is 4.80. The Morgan fingerprint density at radius 2 is 1.61 bits per heavy atom. The number of nitrogens with zero attached hydrogens (tertiary/aromatic N) is 3. The first-order chi connectivity index (χ1) is 13.3. The van der Waals surface area contributed by atoms with Gasteiger partial charge >= 0.3 is 0 Å². The Labute approximate surface area is 170 Å². The van der Waals surface area contributed by atoms with Gasteiger partial charge in [0.05, 0.1) is 10.6 Å². The van der Waals surface area contributed by atoms with Gasteiger partial charge in [-0.3, -0.25) is 4.98 Å². The van der Waals surface area contributed by atoms with E-state index in [2.05, 4.69) is 60.4 Å². The van der Waals surface area contributed by atoms with Crippen LogP contribution < -0.4 is 10.6 Å². The number of rotatable bonds is 4. The van der Waals surface area contributed by atoms with Gasteiger partial charge in [-0.05, 0) is 76.4 Å². The van der Waals surface area contributed by atoms with Crippen LogP contribution in [0, 0.1) is 0 Å². The van der Waals surface area contributed by atoms with Crippen molar-refractivity contribution >= 4 is 17.3 Å². The molecule has 5 nitrogen and oxygen atoms in total. The Kier molecular flexibility index (Phi) is 4.93. The molecule has 3 aromatic heterocycles. The topological polar surface area (TPSA) is 62.7 Å². The van der Waals surface area contributed by atoms with Crippen LogP contribution in [0.2, 0.25) is 0 Å². The van der Waals surface area contributed by atoms with Crippen molar-refractivity contribution in [3.05, 3.63) is 48.9 Å². The molecule has 4 rings (SSSR count). The molecule has 0 atom stereocenters. The largest absolute Gasteiger partial charge is 0.351 e. The number of hydrogen-bond donors (Lipinski definition) is 2. The van der Waals surface area contributed by atoms with Crippen molar-refractivity contribution < 1.29 is 0 Å². The van der Waals surface area contributed by atoms with E-state index in [9.17, 15) is 0 Å². The van der Waals surface area contributed by atoms with Crippen LogP contribution in [0.15, 0.2) is 48.9 Å². The Hall–Kier alpha value is -2.31. The molecule has 0 spiro atoms. The van der Waals surface area contributed by atoms with E-state index in [0.29, 0.717) is 12.0 Å². The van der Waals surface area contributed by atoms with E-state index >= 15 is 0 Å². The Balaban J connectivity index is 1.53. The first-order valence-corrected chi connectivity index (χ1v) is 10.5. The summed E-state index contributed by atoms with van der Waals surface area (Å²) in [6.45, 7) is 9.02. The lowest BCUT2D eigenvalue weighted by Crippen LogP contribution is -2.60. The maximum Gasteiger partial charge on any atom is 0.223 e. The van der Waals surface area contributed by atoms with E-state index in [1.165, 1.54) is 10.4 Å². The molecule has 1 aliphatic rings. The monoisotopic (exact) mass is 393 g/mol. The fourth-order valence-corrected chi connectivity index (χ4v) is 5.30. The molecule has 2 N–H and O–H groups in total. The normalized spacial score (nSPS) is 18.7. The molecule has 3 aromatic rings. The SMILES string of the molecule is CC1(C)CC(Nc2nccc(-c3ccc(-c4ccncc4)s3)n2)CC(C)(C)N1. The van der Waals surface area contributed by atoms with Crippen molar-refractivity contribution in [3.8, 4) is 21.0 Å². The third-order valence-electron chi connectivity index (χ3n) is 5.00. The van der Waals surface area contributed by atoms with Gasteiger partial charge in [-0.25, -0.2) is 9.97 Å². The lowest BCUT2D eigenvalue weighted by atomic mass is 9.80. The van der Waals surface area contributed by atoms with Gasteiger partial charge in [-0.2, -0.15) is 0 Å². The molecule has 6 heteroatoms. The van der Waals surface area contributed by atoms with Crippen molar-refractivity contribution in [2.45, 2.75) is 57.7 Å². The zero-order valence-corrected chi connectivity index (χ0v) is 17.7. The predicted molar refractivity (Wildman–Crippen MR) is 117 cm³/mol. The zero-order valence-electron chi connectivity index (χ0n) is 16.9. The van der Waals surface area contributed by atoms with E-state index < -0.39 is 0 Å². The van der Waals surface area contributed by atoms with Crippen LogP contribution in [0.5, 0.6) is 0 Å². The summed E-state index contributed by atoms with van der Waals surface area (Å²) in [5, 5.41) is 7.29. The summed E-state index contributed by atoms with van der Waals surface area (Å²) in [7, 11) is 0. The van der Waals surface area contributed by atoms with Crippen molar-refractivity contribution in [2.24, 2.45) is 0 Å². The third kappa shape index (κ3) is 4.39. The van der Waals surface area contributed by atoms with Crippen LogP contribution in [0.3, 0.4) is 0 Å². The van der Waals surface area contributed by atoms with Crippen LogP contribution >= 0.6 is 11.3 Å². The fraction of sp³-hybridized carbons (Fsp3) is 0.409. The Morgan fingerprint density at radius 1 is 0.929 bits per heavy atom. The van der Waals surface area contributed by atoms with Gasteiger partial charge < -0.3 is 10.6 Å². The average Bonchev–Trinajstić information content (AvgIpc) is 3.10. The highest BCUT2D eigenvalue weighted by molar-refractivity contribution is 7.18. The second kappa shape index (κ2) is 7.26. The van der Waals surface area contributed by atoms with Gasteiger partial charge in [0, 0.05) is 40.6 Å². The molecule has 0 radical (unpaired) electrons. The summed E-state index contributed by atoms with van der Waals surface area (Å²) in [5.41, 5.74) is 2.31. The molecule has 0 unspecified atom stereocenters. The van der Waals surface area contributed by atoms with Crippen molar-refractivity contribution in [3.63, 3.8) is 0 Å². The molecule has 0 bridgehead atoms. The van der Waals surface area contributed by atoms with E-state index in [1.54, 1.807) is 11.3 Å². The quantitative estimate of drug-likeness (QED) is 0.654. The van der Waals surface area contributed by atoms with E-state index in [0.717, 1.165) is 23.4 Å². The summed E-state index contributed by atoms with van der Waals surface area (Å²) in [6, 6.07) is 10.7. The van der Waals surface area contributed by atoms with Crippen LogP contribution in [0.1, 0.15) is 40.5 Å². The number of nitrogens with one attached hydrogen (secondary N) is 2. The molecule has 4 heterocycles. The minimum Gasteiger partial charge on any atom is -0.351 e. The molecule has 0 amide bonds. The Morgan fingerprint density at radius 3 is 2.32 bits per heavy atom. The second-order valence-electron chi connectivity index (χ2n) is 8.81. The molecule has 1 fully saturated rings. The highest BCUT2D eigenvalue weighted by Gasteiger charge is 2.37. The Bertz CT molecular complexity index is 932. The first kappa shape index (κ1) is 19.0. The highest BCUT2D eigenvalue weighted by Crippen LogP contribution is 2.34. The van der Waals surface area contributed by atoms with Crippen LogP contribution in [-0.4, -0.2) is 32.1 Å². The van der Waals surface area contributed by atoms with Crippen molar-refractivity contribution in [1.29, 1.82) is 0 Å². The standard InChI is InChI=1S/C22H27N5S/c1-21(2)13-16(14-22(3,4)27-21)25-20-24-12-9-17(26-20)19-6-5-18(28-19)15-7-10-23-11-8-15/h5-12,16,27H,13-14H2,1-4H3,(H,24,25,26). The first-order valence-electron chi connectivity index (χ1n) is 9.69. The maximum absolute atomic E-state index is 4.80. The lowest BCUT2D eigenvalue weighted by Gasteiger charge is -2.46. The van der Waals surface area contributed by atoms with Gasteiger partial charge in [0.15, 0.2) is 0 Å². The molecule has 0 aliphatic carbocycles. The van der Waals surface area contributed by atoms with Gasteiger partial charge in [0.25, 0.3) is 0 Å². The fourth-order valence-electron chi connectivity index (χ4n) is 4.32. The predicted octanol–water partition coefficient (Wildman–Crippen LogP) is 4.99. The number of anilines is 1. The van der Waals surface area contributed by atoms with Gasteiger partial charge in [0.1, 0.15) is 0 Å². The highest BCUT2D eigenvalue weighted by atomic mass is 32.1. The van der Waals surface area contributed by atoms with Crippen LogP contribution in [0.4, 0.5) is 5.95 Å². The summed E-state index contributed by atoms with van der Waals surface area (Å²) in [6.07, 6.45) is 7.56. The lowest BCUT2D eigenvalue weighted by molar-refractivity contribution is 0.170. The molecule has 1 saturated heterocycles. The third-order valence-corrected chi connectivity index (χ3v) is 6.16. The number of piperidine rings is 1. The molecule has 0 aromatic carbocycles. The number of thiophene rings is 1. The van der Waals surface area contributed by atoms with Gasteiger partial charge in [-0.15, -0.1) is 11.3 Å². The van der Waals surface area contributed by atoms with Gasteiger partial charge in [0.2, 0.25) is 5.95 Å². The van der Waals surface area contributed by atoms with Crippen LogP contribution in [0.25, 0.3) is 21.0 Å². The number of pyridine rings is 1. The molecule has 0 saturated carbocycles. The van der Waals surface area contributed by atoms with Crippen LogP contribution in [-0.2, 0) is 0 Å². The van der Waals surface area contributed by atoms with E-state index in [-0.39, 0.29) is 11.1 Å². The average molecular weight is 394 g/mol. The number of aromatic nitrogens is 3. The molecule has 1 aliphatic heterocycles. The summed E-state index contributed by atoms with van der Waals surface area (Å²) in [4.78, 5) is 15.7. The summed E-state index contributed by atoms with van der Waals surface area (Å²) >= 11 is 1.74. The van der Waals surface area contributed by atoms with E-state index in [1.807, 2.05) is 36.8 Å². The van der Waals surface area contributed by atoms with E-state index in [4.69, 9.17) is 4.98 Å². The molecule has 28 heavy (non-hydrogen) atoms. The molecule has 146 valence electrons. The van der Waals surface area contributed by atoms with Gasteiger partial charge in [-0.1, -0.05) is 0 Å². The molecular weight excluding hydrogens is 366 g/mol. The zero-order chi connectivity index (χ0) is 19.8. The number of hydrogen-bond acceptors (Lipinski definition) is 6. The summed E-state index contributed by atoms with van der Waals surface area (Å²) in [5.74, 6) is 0.704. The second-order valence-corrected chi connectivity index (χ2v) is 9.89. The minimum atomic E-state index is 0.0875.